The van der Waals surface area contributed by atoms with Gasteiger partial charge >= 0.3 is 5.97 Å². The predicted octanol–water partition coefficient (Wildman–Crippen LogP) is 2.92. The molecule has 0 bridgehead atoms. The number of thiophene rings is 1. The molecule has 0 spiro atoms. The highest BCUT2D eigenvalue weighted by Crippen LogP contribution is 2.31. The largest absolute Gasteiger partial charge is 0.490 e. The first-order valence-electron chi connectivity index (χ1n) is 7.41. The zero-order chi connectivity index (χ0) is 17.3. The molecule has 0 saturated carbocycles. The van der Waals surface area contributed by atoms with Gasteiger partial charge < -0.3 is 14.0 Å². The van der Waals surface area contributed by atoms with E-state index in [-0.39, 0.29) is 5.56 Å². The second-order valence-corrected chi connectivity index (χ2v) is 6.17. The molecule has 3 rings (SSSR count). The fourth-order valence-electron chi connectivity index (χ4n) is 2.36. The SMILES string of the molecule is CCOc1ccccc1OC(=O)c1sc2ncn(C)c(=O)c2c1C. The third kappa shape index (κ3) is 2.78. The van der Waals surface area contributed by atoms with Crippen LogP contribution in [0.3, 0.4) is 0 Å². The summed E-state index contributed by atoms with van der Waals surface area (Å²) in [6.07, 6.45) is 1.44. The lowest BCUT2D eigenvalue weighted by molar-refractivity contribution is 0.0733. The van der Waals surface area contributed by atoms with E-state index < -0.39 is 5.97 Å². The van der Waals surface area contributed by atoms with Crippen molar-refractivity contribution in [3.63, 3.8) is 0 Å². The van der Waals surface area contributed by atoms with E-state index in [9.17, 15) is 9.59 Å². The highest BCUT2D eigenvalue weighted by atomic mass is 32.1. The quantitative estimate of drug-likeness (QED) is 0.538. The highest BCUT2D eigenvalue weighted by Gasteiger charge is 2.21. The first-order chi connectivity index (χ1) is 11.5. The van der Waals surface area contributed by atoms with Crippen molar-refractivity contribution in [1.82, 2.24) is 9.55 Å². The summed E-state index contributed by atoms with van der Waals surface area (Å²) < 4.78 is 12.3. The number of rotatable bonds is 4. The van der Waals surface area contributed by atoms with Gasteiger partial charge in [-0.05, 0) is 31.5 Å². The molecule has 1 aromatic carbocycles. The van der Waals surface area contributed by atoms with E-state index >= 15 is 0 Å². The van der Waals surface area contributed by atoms with Crippen molar-refractivity contribution >= 4 is 27.5 Å². The van der Waals surface area contributed by atoms with Gasteiger partial charge in [-0.2, -0.15) is 0 Å². The van der Waals surface area contributed by atoms with Crippen molar-refractivity contribution in [3.8, 4) is 11.5 Å². The average molecular weight is 344 g/mol. The molecule has 0 radical (unpaired) electrons. The predicted molar refractivity (Wildman–Crippen MR) is 92.2 cm³/mol. The fourth-order valence-corrected chi connectivity index (χ4v) is 3.37. The Kier molecular flexibility index (Phi) is 4.35. The average Bonchev–Trinajstić information content (AvgIpc) is 2.91. The topological polar surface area (TPSA) is 70.4 Å². The lowest BCUT2D eigenvalue weighted by Crippen LogP contribution is -2.17. The van der Waals surface area contributed by atoms with Crippen LogP contribution in [-0.4, -0.2) is 22.1 Å². The number of nitrogens with zero attached hydrogens (tertiary/aromatic N) is 2. The molecule has 6 nitrogen and oxygen atoms in total. The zero-order valence-corrected chi connectivity index (χ0v) is 14.3. The molecule has 0 N–H and O–H groups in total. The van der Waals surface area contributed by atoms with Crippen LogP contribution in [0.1, 0.15) is 22.2 Å². The summed E-state index contributed by atoms with van der Waals surface area (Å²) in [6, 6.07) is 6.98. The van der Waals surface area contributed by atoms with Crippen molar-refractivity contribution in [2.75, 3.05) is 6.61 Å². The number of ether oxygens (including phenoxy) is 2. The first-order valence-corrected chi connectivity index (χ1v) is 8.23. The third-order valence-electron chi connectivity index (χ3n) is 3.55. The maximum absolute atomic E-state index is 12.6. The van der Waals surface area contributed by atoms with Crippen LogP contribution in [0.25, 0.3) is 10.2 Å². The number of hydrogen-bond donors (Lipinski definition) is 0. The molecule has 2 aromatic heterocycles. The Hall–Kier alpha value is -2.67. The van der Waals surface area contributed by atoms with Gasteiger partial charge in [0.05, 0.1) is 18.3 Å². The molecule has 7 heteroatoms. The number of fused-ring (bicyclic) bond motifs is 1. The van der Waals surface area contributed by atoms with E-state index in [0.717, 1.165) is 11.3 Å². The Bertz CT molecular complexity index is 974. The lowest BCUT2D eigenvalue weighted by atomic mass is 10.2. The standard InChI is InChI=1S/C17H16N2O4S/c1-4-22-11-7-5-6-8-12(11)23-17(21)14-10(2)13-15(24-14)18-9-19(3)16(13)20/h5-9H,4H2,1-3H3. The first kappa shape index (κ1) is 16.2. The summed E-state index contributed by atoms with van der Waals surface area (Å²) in [7, 11) is 1.63. The van der Waals surface area contributed by atoms with E-state index in [4.69, 9.17) is 9.47 Å². The van der Waals surface area contributed by atoms with Crippen LogP contribution in [0.2, 0.25) is 0 Å². The molecule has 124 valence electrons. The van der Waals surface area contributed by atoms with E-state index in [0.29, 0.717) is 38.8 Å². The highest BCUT2D eigenvalue weighted by molar-refractivity contribution is 7.20. The summed E-state index contributed by atoms with van der Waals surface area (Å²) >= 11 is 1.15. The van der Waals surface area contributed by atoms with Gasteiger partial charge in [-0.1, -0.05) is 12.1 Å². The van der Waals surface area contributed by atoms with Gasteiger partial charge in [-0.25, -0.2) is 9.78 Å². The molecule has 0 amide bonds. The monoisotopic (exact) mass is 344 g/mol. The molecule has 0 aliphatic rings. The Balaban J connectivity index is 2.00. The Morgan fingerprint density at radius 3 is 2.71 bits per heavy atom. The summed E-state index contributed by atoms with van der Waals surface area (Å²) in [4.78, 5) is 29.9. The minimum atomic E-state index is -0.523. The molecule has 0 saturated heterocycles. The molecule has 3 aromatic rings. The van der Waals surface area contributed by atoms with Gasteiger partial charge in [-0.15, -0.1) is 11.3 Å². The number of esters is 1. The Morgan fingerprint density at radius 2 is 2.00 bits per heavy atom. The second-order valence-electron chi connectivity index (χ2n) is 5.17. The van der Waals surface area contributed by atoms with Crippen LogP contribution in [0.4, 0.5) is 0 Å². The van der Waals surface area contributed by atoms with Crippen molar-refractivity contribution < 1.29 is 14.3 Å². The van der Waals surface area contributed by atoms with Crippen molar-refractivity contribution in [1.29, 1.82) is 0 Å². The van der Waals surface area contributed by atoms with Crippen LogP contribution in [-0.2, 0) is 7.05 Å². The zero-order valence-electron chi connectivity index (χ0n) is 13.5. The summed E-state index contributed by atoms with van der Waals surface area (Å²) in [5.41, 5.74) is 0.408. The van der Waals surface area contributed by atoms with Crippen LogP contribution in [0.5, 0.6) is 11.5 Å². The molecular weight excluding hydrogens is 328 g/mol. The molecule has 24 heavy (non-hydrogen) atoms. The van der Waals surface area contributed by atoms with Crippen LogP contribution in [0, 0.1) is 6.92 Å². The van der Waals surface area contributed by atoms with Gasteiger partial charge in [0, 0.05) is 7.05 Å². The number of aromatic nitrogens is 2. The van der Waals surface area contributed by atoms with Crippen molar-refractivity contribution in [3.05, 3.63) is 51.4 Å². The van der Waals surface area contributed by atoms with E-state index in [2.05, 4.69) is 4.98 Å². The van der Waals surface area contributed by atoms with Gasteiger partial charge in [0.1, 0.15) is 9.71 Å². The normalized spacial score (nSPS) is 10.8. The number of aryl methyl sites for hydroxylation is 2. The van der Waals surface area contributed by atoms with Crippen molar-refractivity contribution in [2.24, 2.45) is 7.05 Å². The van der Waals surface area contributed by atoms with E-state index in [1.165, 1.54) is 10.9 Å². The molecule has 2 heterocycles. The molecule has 0 atom stereocenters. The molecule has 0 aliphatic heterocycles. The molecular formula is C17H16N2O4S. The summed E-state index contributed by atoms with van der Waals surface area (Å²) in [5.74, 6) is 0.327. The Labute approximate surface area is 142 Å². The molecule has 0 unspecified atom stereocenters. The minimum Gasteiger partial charge on any atom is -0.490 e. The number of carbonyl (C=O) groups excluding carboxylic acids is 1. The lowest BCUT2D eigenvalue weighted by Gasteiger charge is -2.09. The summed E-state index contributed by atoms with van der Waals surface area (Å²) in [5, 5.41) is 0.454. The number of carbonyl (C=O) groups is 1. The van der Waals surface area contributed by atoms with Crippen LogP contribution in [0.15, 0.2) is 35.4 Å². The molecule has 0 aliphatic carbocycles. The Morgan fingerprint density at radius 1 is 1.29 bits per heavy atom. The van der Waals surface area contributed by atoms with Crippen LogP contribution < -0.4 is 15.0 Å². The maximum atomic E-state index is 12.6. The van der Waals surface area contributed by atoms with Gasteiger partial charge in [0.15, 0.2) is 11.5 Å². The van der Waals surface area contributed by atoms with Gasteiger partial charge in [-0.3, -0.25) is 4.79 Å². The van der Waals surface area contributed by atoms with Gasteiger partial charge in [0.25, 0.3) is 5.56 Å². The van der Waals surface area contributed by atoms with Crippen LogP contribution >= 0.6 is 11.3 Å². The maximum Gasteiger partial charge on any atom is 0.354 e. The van der Waals surface area contributed by atoms with E-state index in [1.54, 1.807) is 38.2 Å². The third-order valence-corrected chi connectivity index (χ3v) is 4.73. The van der Waals surface area contributed by atoms with E-state index in [1.807, 2.05) is 6.92 Å². The minimum absolute atomic E-state index is 0.178. The fraction of sp³-hybridized carbons (Fsp3) is 0.235. The number of benzene rings is 1. The molecule has 0 fully saturated rings. The van der Waals surface area contributed by atoms with Crippen molar-refractivity contribution in [2.45, 2.75) is 13.8 Å². The second kappa shape index (κ2) is 6.45. The number of hydrogen-bond acceptors (Lipinski definition) is 6. The smallest absolute Gasteiger partial charge is 0.354 e. The van der Waals surface area contributed by atoms with Gasteiger partial charge in [0.2, 0.25) is 0 Å². The summed E-state index contributed by atoms with van der Waals surface area (Å²) in [6.45, 7) is 4.06. The number of para-hydroxylation sites is 2.